The summed E-state index contributed by atoms with van der Waals surface area (Å²) in [5.41, 5.74) is 8.41. The van der Waals surface area contributed by atoms with E-state index in [1.54, 1.807) is 6.92 Å². The summed E-state index contributed by atoms with van der Waals surface area (Å²) in [7, 11) is 0. The van der Waals surface area contributed by atoms with Gasteiger partial charge < -0.3 is 16.2 Å². The number of hydrogen-bond donors (Lipinski definition) is 3. The second-order valence-corrected chi connectivity index (χ2v) is 3.51. The van der Waals surface area contributed by atoms with Gasteiger partial charge in [-0.25, -0.2) is 4.79 Å². The van der Waals surface area contributed by atoms with Crippen LogP contribution in [0.4, 0.5) is 0 Å². The molecule has 0 saturated heterocycles. The summed E-state index contributed by atoms with van der Waals surface area (Å²) in [4.78, 5) is 11.0. The SMILES string of the molecule is CCC1C(N)=C(C)NC(C)=C1C(=O)O. The first-order valence-electron chi connectivity index (χ1n) is 4.66. The van der Waals surface area contributed by atoms with Crippen molar-refractivity contribution in [3.63, 3.8) is 0 Å². The lowest BCUT2D eigenvalue weighted by molar-refractivity contribution is -0.133. The normalized spacial score (nSPS) is 22.4. The molecule has 0 radical (unpaired) electrons. The van der Waals surface area contributed by atoms with Crippen LogP contribution in [-0.4, -0.2) is 11.1 Å². The molecule has 0 aromatic rings. The number of nitrogens with one attached hydrogen (secondary N) is 1. The van der Waals surface area contributed by atoms with E-state index in [-0.39, 0.29) is 5.92 Å². The first-order valence-corrected chi connectivity index (χ1v) is 4.66. The van der Waals surface area contributed by atoms with Gasteiger partial charge in [0, 0.05) is 23.0 Å². The molecule has 0 aromatic carbocycles. The third-order valence-electron chi connectivity index (χ3n) is 2.57. The van der Waals surface area contributed by atoms with E-state index < -0.39 is 5.97 Å². The quantitative estimate of drug-likeness (QED) is 0.619. The van der Waals surface area contributed by atoms with Crippen LogP contribution < -0.4 is 11.1 Å². The Morgan fingerprint density at radius 3 is 2.50 bits per heavy atom. The fourth-order valence-electron chi connectivity index (χ4n) is 1.83. The molecule has 4 nitrogen and oxygen atoms in total. The van der Waals surface area contributed by atoms with Gasteiger partial charge in [0.1, 0.15) is 0 Å². The topological polar surface area (TPSA) is 75.3 Å². The number of carboxylic acid groups (broad SMARTS) is 1. The van der Waals surface area contributed by atoms with Crippen LogP contribution in [0, 0.1) is 5.92 Å². The Morgan fingerprint density at radius 2 is 2.07 bits per heavy atom. The van der Waals surface area contributed by atoms with Gasteiger partial charge in [0.2, 0.25) is 0 Å². The minimum absolute atomic E-state index is 0.159. The van der Waals surface area contributed by atoms with Crippen LogP contribution in [-0.2, 0) is 4.79 Å². The zero-order valence-corrected chi connectivity index (χ0v) is 8.72. The van der Waals surface area contributed by atoms with Gasteiger partial charge in [-0.1, -0.05) is 6.92 Å². The molecule has 0 aromatic heterocycles. The van der Waals surface area contributed by atoms with Crippen molar-refractivity contribution in [2.24, 2.45) is 11.7 Å². The highest BCUT2D eigenvalue weighted by Crippen LogP contribution is 2.28. The highest BCUT2D eigenvalue weighted by Gasteiger charge is 2.28. The largest absolute Gasteiger partial charge is 0.478 e. The molecule has 4 heteroatoms. The fourth-order valence-corrected chi connectivity index (χ4v) is 1.83. The highest BCUT2D eigenvalue weighted by molar-refractivity contribution is 5.89. The molecule has 1 atom stereocenters. The lowest BCUT2D eigenvalue weighted by Gasteiger charge is -2.27. The van der Waals surface area contributed by atoms with Gasteiger partial charge >= 0.3 is 5.97 Å². The fraction of sp³-hybridized carbons (Fsp3) is 0.500. The first kappa shape index (κ1) is 10.6. The lowest BCUT2D eigenvalue weighted by Crippen LogP contribution is -2.31. The molecule has 0 aliphatic carbocycles. The molecule has 1 unspecified atom stereocenters. The van der Waals surface area contributed by atoms with Crippen LogP contribution in [0.25, 0.3) is 0 Å². The van der Waals surface area contributed by atoms with E-state index in [4.69, 9.17) is 10.8 Å². The average Bonchev–Trinajstić information content (AvgIpc) is 2.09. The summed E-state index contributed by atoms with van der Waals surface area (Å²) in [5.74, 6) is -1.05. The molecule has 0 saturated carbocycles. The number of carbonyl (C=O) groups is 1. The van der Waals surface area contributed by atoms with Crippen molar-refractivity contribution in [3.8, 4) is 0 Å². The smallest absolute Gasteiger partial charge is 0.334 e. The molecule has 0 bridgehead atoms. The van der Waals surface area contributed by atoms with Gasteiger partial charge in [0.05, 0.1) is 5.57 Å². The number of dihydropyridines is 1. The second-order valence-electron chi connectivity index (χ2n) is 3.51. The second kappa shape index (κ2) is 3.74. The molecule has 0 spiro atoms. The molecule has 4 N–H and O–H groups in total. The molecule has 78 valence electrons. The molecular formula is C10H16N2O2. The average molecular weight is 196 g/mol. The Balaban J connectivity index is 3.15. The summed E-state index contributed by atoms with van der Waals surface area (Å²) in [6.07, 6.45) is 0.712. The summed E-state index contributed by atoms with van der Waals surface area (Å²) in [6.45, 7) is 5.56. The minimum Gasteiger partial charge on any atom is -0.478 e. The molecule has 1 rings (SSSR count). The summed E-state index contributed by atoms with van der Waals surface area (Å²) in [5, 5.41) is 12.0. The van der Waals surface area contributed by atoms with Crippen molar-refractivity contribution >= 4 is 5.97 Å². The van der Waals surface area contributed by atoms with Crippen molar-refractivity contribution in [1.29, 1.82) is 0 Å². The number of nitrogens with two attached hydrogens (primary N) is 1. The molecule has 0 fully saturated rings. The molecule has 14 heavy (non-hydrogen) atoms. The highest BCUT2D eigenvalue weighted by atomic mass is 16.4. The maximum absolute atomic E-state index is 11.0. The van der Waals surface area contributed by atoms with Gasteiger partial charge in [-0.15, -0.1) is 0 Å². The van der Waals surface area contributed by atoms with E-state index >= 15 is 0 Å². The van der Waals surface area contributed by atoms with Crippen molar-refractivity contribution < 1.29 is 9.90 Å². The van der Waals surface area contributed by atoms with Gasteiger partial charge in [-0.3, -0.25) is 0 Å². The molecule has 0 amide bonds. The standard InChI is InChI=1S/C10H16N2O2/c1-4-7-8(10(13)14)5(2)12-6(3)9(7)11/h7,12H,4,11H2,1-3H3,(H,13,14). The van der Waals surface area contributed by atoms with E-state index in [1.165, 1.54) is 0 Å². The Morgan fingerprint density at radius 1 is 1.50 bits per heavy atom. The Bertz CT molecular complexity index is 329. The van der Waals surface area contributed by atoms with Crippen molar-refractivity contribution in [2.75, 3.05) is 0 Å². The van der Waals surface area contributed by atoms with Crippen LogP contribution in [0.2, 0.25) is 0 Å². The Labute approximate surface area is 83.5 Å². The maximum Gasteiger partial charge on any atom is 0.334 e. The van der Waals surface area contributed by atoms with Crippen molar-refractivity contribution in [2.45, 2.75) is 27.2 Å². The van der Waals surface area contributed by atoms with Gasteiger partial charge in [0.25, 0.3) is 0 Å². The Hall–Kier alpha value is -1.45. The number of carboxylic acids is 1. The lowest BCUT2D eigenvalue weighted by atomic mass is 9.88. The summed E-state index contributed by atoms with van der Waals surface area (Å²) in [6, 6.07) is 0. The third-order valence-corrected chi connectivity index (χ3v) is 2.57. The van der Waals surface area contributed by atoms with E-state index in [2.05, 4.69) is 5.32 Å². The van der Waals surface area contributed by atoms with Crippen LogP contribution in [0.15, 0.2) is 22.7 Å². The predicted octanol–water partition coefficient (Wildman–Crippen LogP) is 1.16. The van der Waals surface area contributed by atoms with Crippen LogP contribution in [0.1, 0.15) is 27.2 Å². The Kier molecular flexibility index (Phi) is 2.84. The third kappa shape index (κ3) is 1.60. The van der Waals surface area contributed by atoms with Crippen molar-refractivity contribution in [1.82, 2.24) is 5.32 Å². The molecule has 1 aliphatic heterocycles. The van der Waals surface area contributed by atoms with E-state index in [0.717, 1.165) is 5.70 Å². The van der Waals surface area contributed by atoms with Crippen LogP contribution in [0.3, 0.4) is 0 Å². The maximum atomic E-state index is 11.0. The first-order chi connectivity index (χ1) is 6.49. The monoisotopic (exact) mass is 196 g/mol. The zero-order chi connectivity index (χ0) is 10.9. The van der Waals surface area contributed by atoms with Crippen LogP contribution >= 0.6 is 0 Å². The number of rotatable bonds is 2. The molecule has 1 aliphatic rings. The molecular weight excluding hydrogens is 180 g/mol. The van der Waals surface area contributed by atoms with Crippen LogP contribution in [0.5, 0.6) is 0 Å². The van der Waals surface area contributed by atoms with Crippen molar-refractivity contribution in [3.05, 3.63) is 22.7 Å². The van der Waals surface area contributed by atoms with Gasteiger partial charge in [-0.2, -0.15) is 0 Å². The summed E-state index contributed by atoms with van der Waals surface area (Å²) >= 11 is 0. The van der Waals surface area contributed by atoms with E-state index in [0.29, 0.717) is 23.4 Å². The zero-order valence-electron chi connectivity index (χ0n) is 8.72. The summed E-state index contributed by atoms with van der Waals surface area (Å²) < 4.78 is 0. The molecule has 1 heterocycles. The number of hydrogen-bond acceptors (Lipinski definition) is 3. The van der Waals surface area contributed by atoms with E-state index in [1.807, 2.05) is 13.8 Å². The number of aliphatic carboxylic acids is 1. The van der Waals surface area contributed by atoms with E-state index in [9.17, 15) is 4.79 Å². The predicted molar refractivity (Wildman–Crippen MR) is 54.1 cm³/mol. The van der Waals surface area contributed by atoms with Gasteiger partial charge in [0.15, 0.2) is 0 Å². The number of allylic oxidation sites excluding steroid dienone is 3. The minimum atomic E-state index is -0.891. The van der Waals surface area contributed by atoms with Gasteiger partial charge in [-0.05, 0) is 20.3 Å².